The Morgan fingerprint density at radius 2 is 1.91 bits per heavy atom. The molecule has 0 amide bonds. The zero-order chi connectivity index (χ0) is 30.9. The molecule has 44 heavy (non-hydrogen) atoms. The minimum Gasteiger partial charge on any atom is -0.487 e. The summed E-state index contributed by atoms with van der Waals surface area (Å²) >= 11 is 8.08. The van der Waals surface area contributed by atoms with Crippen LogP contribution in [0.1, 0.15) is 30.3 Å². The first-order valence-electron chi connectivity index (χ1n) is 14.2. The number of fused-ring (bicyclic) bond motifs is 1. The third-order valence-corrected chi connectivity index (χ3v) is 9.72. The van der Waals surface area contributed by atoms with Gasteiger partial charge in [-0.1, -0.05) is 36.7 Å². The van der Waals surface area contributed by atoms with Gasteiger partial charge in [-0.15, -0.1) is 11.3 Å². The predicted octanol–water partition coefficient (Wildman–Crippen LogP) is 7.64. The highest BCUT2D eigenvalue weighted by molar-refractivity contribution is 7.91. The van der Waals surface area contributed by atoms with Crippen LogP contribution in [0.3, 0.4) is 0 Å². The SMILES string of the molecule is CCCS(=O)(=O)CCOCCCc1nc(-c2ccc3ncnc(Nc4ccc(OCc5cccc(F)c5)c(Cl)c4)c3c2)cs1. The minimum atomic E-state index is -3.02. The van der Waals surface area contributed by atoms with E-state index in [-0.39, 0.29) is 30.5 Å². The van der Waals surface area contributed by atoms with Crippen molar-refractivity contribution in [1.29, 1.82) is 0 Å². The molecule has 0 aliphatic rings. The lowest BCUT2D eigenvalue weighted by Gasteiger charge is -2.12. The summed E-state index contributed by atoms with van der Waals surface area (Å²) in [6.45, 7) is 2.77. The van der Waals surface area contributed by atoms with Crippen LogP contribution in [0.2, 0.25) is 5.02 Å². The molecule has 2 aromatic heterocycles. The number of sulfone groups is 1. The molecule has 12 heteroatoms. The summed E-state index contributed by atoms with van der Waals surface area (Å²) in [7, 11) is -3.02. The number of hydrogen-bond acceptors (Lipinski definition) is 9. The van der Waals surface area contributed by atoms with E-state index in [1.807, 2.05) is 36.6 Å². The number of nitrogens with one attached hydrogen (secondary N) is 1. The lowest BCUT2D eigenvalue weighted by molar-refractivity contribution is 0.146. The third kappa shape index (κ3) is 8.72. The molecule has 230 valence electrons. The molecule has 2 heterocycles. The van der Waals surface area contributed by atoms with E-state index in [1.54, 1.807) is 35.6 Å². The van der Waals surface area contributed by atoms with Gasteiger partial charge >= 0.3 is 0 Å². The molecule has 0 radical (unpaired) electrons. The number of aromatic nitrogens is 3. The fraction of sp³-hybridized carbons (Fsp3) is 0.281. The number of aryl methyl sites for hydroxylation is 1. The van der Waals surface area contributed by atoms with Gasteiger partial charge in [0.1, 0.15) is 30.3 Å². The average molecular weight is 655 g/mol. The Morgan fingerprint density at radius 3 is 2.73 bits per heavy atom. The van der Waals surface area contributed by atoms with Crippen LogP contribution >= 0.6 is 22.9 Å². The van der Waals surface area contributed by atoms with Gasteiger partial charge in [0.15, 0.2) is 9.84 Å². The van der Waals surface area contributed by atoms with Crippen molar-refractivity contribution in [2.24, 2.45) is 0 Å². The Labute approximate surface area is 265 Å². The van der Waals surface area contributed by atoms with Crippen LogP contribution in [0.15, 0.2) is 72.4 Å². The smallest absolute Gasteiger partial charge is 0.152 e. The van der Waals surface area contributed by atoms with Gasteiger partial charge in [-0.2, -0.15) is 0 Å². The number of benzene rings is 3. The topological polar surface area (TPSA) is 103 Å². The summed E-state index contributed by atoms with van der Waals surface area (Å²) in [4.78, 5) is 13.7. The van der Waals surface area contributed by atoms with Gasteiger partial charge in [0, 0.05) is 40.8 Å². The van der Waals surface area contributed by atoms with Gasteiger partial charge < -0.3 is 14.8 Å². The van der Waals surface area contributed by atoms with Crippen molar-refractivity contribution < 1.29 is 22.3 Å². The second-order valence-electron chi connectivity index (χ2n) is 10.1. The highest BCUT2D eigenvalue weighted by atomic mass is 35.5. The van der Waals surface area contributed by atoms with E-state index in [9.17, 15) is 12.8 Å². The van der Waals surface area contributed by atoms with Crippen molar-refractivity contribution in [3.63, 3.8) is 0 Å². The third-order valence-electron chi connectivity index (χ3n) is 6.69. The fourth-order valence-corrected chi connectivity index (χ4v) is 6.80. The minimum absolute atomic E-state index is 0.0650. The molecule has 0 saturated heterocycles. The molecule has 0 aliphatic carbocycles. The van der Waals surface area contributed by atoms with E-state index in [4.69, 9.17) is 26.1 Å². The number of thiazole rings is 1. The molecule has 0 bridgehead atoms. The molecule has 5 rings (SSSR count). The average Bonchev–Trinajstić information content (AvgIpc) is 3.47. The molecule has 0 spiro atoms. The lowest BCUT2D eigenvalue weighted by Crippen LogP contribution is -2.15. The number of nitrogens with zero attached hydrogens (tertiary/aromatic N) is 3. The zero-order valence-corrected chi connectivity index (χ0v) is 26.5. The quantitative estimate of drug-likeness (QED) is 0.115. The molecule has 1 N–H and O–H groups in total. The normalized spacial score (nSPS) is 11.6. The summed E-state index contributed by atoms with van der Waals surface area (Å²) in [6.07, 6.45) is 3.64. The summed E-state index contributed by atoms with van der Waals surface area (Å²) in [5.74, 6) is 1.06. The number of ether oxygens (including phenoxy) is 2. The number of halogens is 2. The van der Waals surface area contributed by atoms with Gasteiger partial charge in [-0.3, -0.25) is 0 Å². The second kappa shape index (κ2) is 14.9. The zero-order valence-electron chi connectivity index (χ0n) is 24.1. The number of anilines is 2. The molecule has 0 atom stereocenters. The monoisotopic (exact) mass is 654 g/mol. The van der Waals surface area contributed by atoms with E-state index in [0.29, 0.717) is 35.2 Å². The van der Waals surface area contributed by atoms with Crippen molar-refractivity contribution in [3.05, 3.63) is 93.8 Å². The molecule has 3 aromatic carbocycles. The molecule has 0 fully saturated rings. The van der Waals surface area contributed by atoms with E-state index in [2.05, 4.69) is 15.3 Å². The van der Waals surface area contributed by atoms with Crippen LogP contribution < -0.4 is 10.1 Å². The van der Waals surface area contributed by atoms with Gasteiger partial charge in [-0.05, 0) is 60.9 Å². The Morgan fingerprint density at radius 1 is 1.02 bits per heavy atom. The van der Waals surface area contributed by atoms with Crippen molar-refractivity contribution in [2.45, 2.75) is 32.8 Å². The molecular formula is C32H32ClFN4O4S2. The first kappa shape index (κ1) is 31.8. The van der Waals surface area contributed by atoms with Gasteiger partial charge in [0.2, 0.25) is 0 Å². The van der Waals surface area contributed by atoms with Crippen LogP contribution in [0.4, 0.5) is 15.9 Å². The van der Waals surface area contributed by atoms with Gasteiger partial charge in [0.25, 0.3) is 0 Å². The van der Waals surface area contributed by atoms with Crippen molar-refractivity contribution >= 4 is 55.2 Å². The van der Waals surface area contributed by atoms with Crippen LogP contribution in [-0.2, 0) is 27.6 Å². The highest BCUT2D eigenvalue weighted by Gasteiger charge is 2.12. The summed E-state index contributed by atoms with van der Waals surface area (Å²) in [6, 6.07) is 17.5. The van der Waals surface area contributed by atoms with Gasteiger partial charge in [-0.25, -0.2) is 27.8 Å². The Bertz CT molecular complexity index is 1830. The van der Waals surface area contributed by atoms with Crippen molar-refractivity contribution in [2.75, 3.05) is 30.0 Å². The lowest BCUT2D eigenvalue weighted by atomic mass is 10.1. The molecule has 0 unspecified atom stereocenters. The van der Waals surface area contributed by atoms with E-state index < -0.39 is 9.84 Å². The van der Waals surface area contributed by atoms with Gasteiger partial charge in [0.05, 0.1) is 33.6 Å². The van der Waals surface area contributed by atoms with Crippen LogP contribution in [0.5, 0.6) is 5.75 Å². The Hall–Kier alpha value is -3.64. The summed E-state index contributed by atoms with van der Waals surface area (Å²) < 4.78 is 48.4. The Kier molecular flexibility index (Phi) is 10.8. The van der Waals surface area contributed by atoms with Crippen molar-refractivity contribution in [1.82, 2.24) is 15.0 Å². The maximum absolute atomic E-state index is 13.5. The van der Waals surface area contributed by atoms with E-state index >= 15 is 0 Å². The molecule has 0 aliphatic heterocycles. The summed E-state index contributed by atoms with van der Waals surface area (Å²) in [5, 5.41) is 7.58. The molecule has 5 aromatic rings. The van der Waals surface area contributed by atoms with E-state index in [0.717, 1.165) is 45.7 Å². The fourth-order valence-electron chi connectivity index (χ4n) is 4.52. The molecule has 0 saturated carbocycles. The predicted molar refractivity (Wildman–Crippen MR) is 174 cm³/mol. The maximum Gasteiger partial charge on any atom is 0.152 e. The maximum atomic E-state index is 13.5. The van der Waals surface area contributed by atoms with Crippen LogP contribution in [0.25, 0.3) is 22.2 Å². The standard InChI is InChI=1S/C32H32ClFN4O4S2/c1-2-14-44(39,40)15-13-41-12-4-7-31-38-29(20-43-31)23-8-10-28-26(17-23)32(36-21-35-28)37-25-9-11-30(27(33)18-25)42-19-22-5-3-6-24(34)16-22/h3,5-6,8-11,16-18,20-21H,2,4,7,12-15,19H2,1H3,(H,35,36,37). The summed E-state index contributed by atoms with van der Waals surface area (Å²) in [5.41, 5.74) is 4.01. The largest absolute Gasteiger partial charge is 0.487 e. The molecule has 8 nitrogen and oxygen atoms in total. The highest BCUT2D eigenvalue weighted by Crippen LogP contribution is 2.32. The first-order valence-corrected chi connectivity index (χ1v) is 17.3. The second-order valence-corrected chi connectivity index (χ2v) is 13.8. The Balaban J connectivity index is 1.20. The van der Waals surface area contributed by atoms with Crippen molar-refractivity contribution in [3.8, 4) is 17.0 Å². The number of hydrogen-bond donors (Lipinski definition) is 1. The van der Waals surface area contributed by atoms with E-state index in [1.165, 1.54) is 18.5 Å². The number of rotatable bonds is 15. The van der Waals surface area contributed by atoms with Crippen LogP contribution in [-0.4, -0.2) is 48.1 Å². The van der Waals surface area contributed by atoms with Crippen LogP contribution in [0, 0.1) is 5.82 Å². The first-order chi connectivity index (χ1) is 21.3. The molecular weight excluding hydrogens is 623 g/mol.